The molecular weight excluding hydrogens is 785 g/mol. The van der Waals surface area contributed by atoms with Crippen molar-refractivity contribution < 1.29 is 0 Å². The molecule has 0 fully saturated rings. The molecule has 304 valence electrons. The van der Waals surface area contributed by atoms with Crippen molar-refractivity contribution in [2.75, 3.05) is 0 Å². The molecule has 0 unspecified atom stereocenters. The van der Waals surface area contributed by atoms with Gasteiger partial charge in [0.15, 0.2) is 5.82 Å². The fourth-order valence-corrected chi connectivity index (χ4v) is 10.2. The number of rotatable bonds is 8. The second kappa shape index (κ2) is 16.0. The fourth-order valence-electron chi connectivity index (χ4n) is 10.2. The van der Waals surface area contributed by atoms with Crippen LogP contribution in [0.3, 0.4) is 0 Å². The van der Waals surface area contributed by atoms with Crippen molar-refractivity contribution in [2.24, 2.45) is 0 Å². The average Bonchev–Trinajstić information content (AvgIpc) is 3.69. The van der Waals surface area contributed by atoms with E-state index < -0.39 is 5.41 Å². The van der Waals surface area contributed by atoms with E-state index >= 15 is 0 Å². The van der Waals surface area contributed by atoms with Gasteiger partial charge in [0, 0.05) is 16.7 Å². The zero-order chi connectivity index (χ0) is 43.2. The minimum atomic E-state index is -0.549. The van der Waals surface area contributed by atoms with Crippen molar-refractivity contribution in [3.05, 3.63) is 277 Å². The first-order chi connectivity index (χ1) is 32.2. The molecule has 65 heavy (non-hydrogen) atoms. The summed E-state index contributed by atoms with van der Waals surface area (Å²) in [5.74, 6) is 0.697. The molecule has 2 nitrogen and oxygen atoms in total. The SMILES string of the molecule is c1ccc(-c2cccc(-c3cc(-c4ccc(-c5ccc6c(c5)C(c5ccccc5)(c5ccccc5)c5cc(-c7ccccc7)ccc5-6)c5ccccc45)nc(-c4ccccc4)n3)c2)cc1. The van der Waals surface area contributed by atoms with Crippen LogP contribution in [-0.4, -0.2) is 9.97 Å². The quantitative estimate of drug-likeness (QED) is 0.152. The summed E-state index contributed by atoms with van der Waals surface area (Å²) in [6.07, 6.45) is 0. The van der Waals surface area contributed by atoms with Crippen LogP contribution in [0.15, 0.2) is 255 Å². The first kappa shape index (κ1) is 38.2. The van der Waals surface area contributed by atoms with Crippen molar-refractivity contribution in [3.8, 4) is 78.4 Å². The van der Waals surface area contributed by atoms with E-state index in [2.05, 4.69) is 237 Å². The Morgan fingerprint density at radius 3 is 1.26 bits per heavy atom. The molecule has 11 aromatic rings. The Balaban J connectivity index is 1.04. The van der Waals surface area contributed by atoms with Crippen LogP contribution in [0.2, 0.25) is 0 Å². The topological polar surface area (TPSA) is 25.8 Å². The molecule has 0 aliphatic heterocycles. The van der Waals surface area contributed by atoms with Crippen molar-refractivity contribution in [3.63, 3.8) is 0 Å². The summed E-state index contributed by atoms with van der Waals surface area (Å²) in [5.41, 5.74) is 19.0. The van der Waals surface area contributed by atoms with Gasteiger partial charge < -0.3 is 0 Å². The van der Waals surface area contributed by atoms with E-state index in [0.717, 1.165) is 39.0 Å². The molecular formula is C63H42N2. The zero-order valence-corrected chi connectivity index (χ0v) is 35.6. The van der Waals surface area contributed by atoms with E-state index in [1.807, 2.05) is 18.2 Å². The highest BCUT2D eigenvalue weighted by molar-refractivity contribution is 6.05. The van der Waals surface area contributed by atoms with E-state index in [1.165, 1.54) is 66.6 Å². The molecule has 0 N–H and O–H groups in total. The molecule has 2 heteroatoms. The molecule has 0 radical (unpaired) electrons. The van der Waals surface area contributed by atoms with Crippen LogP contribution in [0.25, 0.3) is 89.2 Å². The van der Waals surface area contributed by atoms with Crippen molar-refractivity contribution in [1.29, 1.82) is 0 Å². The maximum Gasteiger partial charge on any atom is 0.160 e. The van der Waals surface area contributed by atoms with Crippen LogP contribution in [0.1, 0.15) is 22.3 Å². The maximum absolute atomic E-state index is 5.31. The minimum absolute atomic E-state index is 0.549. The Labute approximate surface area is 379 Å². The summed E-state index contributed by atoms with van der Waals surface area (Å²) in [6.45, 7) is 0. The highest BCUT2D eigenvalue weighted by Gasteiger charge is 2.46. The number of hydrogen-bond acceptors (Lipinski definition) is 2. The Morgan fingerprint density at radius 1 is 0.246 bits per heavy atom. The summed E-state index contributed by atoms with van der Waals surface area (Å²) in [7, 11) is 0. The van der Waals surface area contributed by atoms with Gasteiger partial charge in [-0.3, -0.25) is 0 Å². The van der Waals surface area contributed by atoms with Gasteiger partial charge in [-0.05, 0) is 102 Å². The molecule has 1 heterocycles. The monoisotopic (exact) mass is 826 g/mol. The van der Waals surface area contributed by atoms with E-state index in [1.54, 1.807) is 0 Å². The van der Waals surface area contributed by atoms with Gasteiger partial charge >= 0.3 is 0 Å². The Hall–Kier alpha value is -8.46. The predicted molar refractivity (Wildman–Crippen MR) is 269 cm³/mol. The van der Waals surface area contributed by atoms with E-state index in [-0.39, 0.29) is 0 Å². The number of hydrogen-bond donors (Lipinski definition) is 0. The lowest BCUT2D eigenvalue weighted by Crippen LogP contribution is -2.28. The third-order valence-corrected chi connectivity index (χ3v) is 13.2. The second-order valence-corrected chi connectivity index (χ2v) is 16.8. The predicted octanol–water partition coefficient (Wildman–Crippen LogP) is 16.0. The van der Waals surface area contributed by atoms with Gasteiger partial charge in [0.25, 0.3) is 0 Å². The number of benzene rings is 10. The van der Waals surface area contributed by atoms with Gasteiger partial charge in [0.05, 0.1) is 16.8 Å². The Kier molecular flexibility index (Phi) is 9.43. The lowest BCUT2D eigenvalue weighted by atomic mass is 9.67. The van der Waals surface area contributed by atoms with Gasteiger partial charge in [-0.15, -0.1) is 0 Å². The third-order valence-electron chi connectivity index (χ3n) is 13.2. The van der Waals surface area contributed by atoms with Crippen molar-refractivity contribution >= 4 is 10.8 Å². The van der Waals surface area contributed by atoms with E-state index in [0.29, 0.717) is 5.82 Å². The van der Waals surface area contributed by atoms with E-state index in [4.69, 9.17) is 9.97 Å². The second-order valence-electron chi connectivity index (χ2n) is 16.8. The standard InChI is InChI=1S/C63H42N2/c1-6-19-43(20-7-1)46-25-18-26-49(39-46)60-42-61(65-62(64-60)45-23-10-3-11-24-45)57-38-37-52(53-31-16-17-32-54(53)57)48-34-36-56-55-35-33-47(44-21-8-2-9-22-44)40-58(55)63(59(56)41-48,50-27-12-4-13-28-50)51-29-14-5-15-30-51/h1-42H. The Bertz CT molecular complexity index is 3470. The maximum atomic E-state index is 5.31. The minimum Gasteiger partial charge on any atom is -0.228 e. The molecule has 0 amide bonds. The van der Waals surface area contributed by atoms with Crippen LogP contribution in [0.5, 0.6) is 0 Å². The van der Waals surface area contributed by atoms with Crippen LogP contribution in [0, 0.1) is 0 Å². The van der Waals surface area contributed by atoms with Gasteiger partial charge in [-0.2, -0.15) is 0 Å². The molecule has 10 aromatic carbocycles. The molecule has 1 aromatic heterocycles. The zero-order valence-electron chi connectivity index (χ0n) is 35.6. The highest BCUT2D eigenvalue weighted by Crippen LogP contribution is 2.57. The largest absolute Gasteiger partial charge is 0.228 e. The molecule has 1 aliphatic carbocycles. The lowest BCUT2D eigenvalue weighted by Gasteiger charge is -2.34. The van der Waals surface area contributed by atoms with Crippen LogP contribution >= 0.6 is 0 Å². The van der Waals surface area contributed by atoms with Gasteiger partial charge in [0.1, 0.15) is 0 Å². The first-order valence-electron chi connectivity index (χ1n) is 22.3. The summed E-state index contributed by atoms with van der Waals surface area (Å²) in [5, 5.41) is 2.31. The van der Waals surface area contributed by atoms with Crippen LogP contribution < -0.4 is 0 Å². The fraction of sp³-hybridized carbons (Fsp3) is 0.0159. The van der Waals surface area contributed by atoms with Crippen molar-refractivity contribution in [1.82, 2.24) is 9.97 Å². The van der Waals surface area contributed by atoms with Crippen molar-refractivity contribution in [2.45, 2.75) is 5.41 Å². The molecule has 12 rings (SSSR count). The lowest BCUT2D eigenvalue weighted by molar-refractivity contribution is 0.769. The molecule has 0 saturated carbocycles. The molecule has 0 bridgehead atoms. The molecule has 1 aliphatic rings. The average molecular weight is 827 g/mol. The summed E-state index contributed by atoms with van der Waals surface area (Å²) >= 11 is 0. The highest BCUT2D eigenvalue weighted by atomic mass is 14.9. The smallest absolute Gasteiger partial charge is 0.160 e. The first-order valence-corrected chi connectivity index (χ1v) is 22.3. The Morgan fingerprint density at radius 2 is 0.662 bits per heavy atom. The van der Waals surface area contributed by atoms with E-state index in [9.17, 15) is 0 Å². The van der Waals surface area contributed by atoms with Crippen LogP contribution in [0.4, 0.5) is 0 Å². The van der Waals surface area contributed by atoms with Gasteiger partial charge in [-0.1, -0.05) is 231 Å². The molecule has 0 spiro atoms. The summed E-state index contributed by atoms with van der Waals surface area (Å²) < 4.78 is 0. The molecule has 0 saturated heterocycles. The summed E-state index contributed by atoms with van der Waals surface area (Å²) in [4.78, 5) is 10.5. The summed E-state index contributed by atoms with van der Waals surface area (Å²) in [6, 6.07) is 92.1. The number of fused-ring (bicyclic) bond motifs is 4. The number of nitrogens with zero attached hydrogens (tertiary/aromatic N) is 2. The number of aromatic nitrogens is 2. The van der Waals surface area contributed by atoms with Gasteiger partial charge in [-0.25, -0.2) is 9.97 Å². The normalized spacial score (nSPS) is 12.4. The third kappa shape index (κ3) is 6.58. The van der Waals surface area contributed by atoms with Gasteiger partial charge in [0.2, 0.25) is 0 Å². The van der Waals surface area contributed by atoms with Crippen LogP contribution in [-0.2, 0) is 5.41 Å². The molecule has 0 atom stereocenters.